The number of nitrogens with zero attached hydrogens (tertiary/aromatic N) is 2. The van der Waals surface area contributed by atoms with Crippen LogP contribution < -0.4 is 5.73 Å². The van der Waals surface area contributed by atoms with Crippen LogP contribution in [0.15, 0.2) is 27.1 Å². The topological polar surface area (TPSA) is 51.8 Å². The highest BCUT2D eigenvalue weighted by atomic mass is 79.9. The number of benzene rings is 1. The van der Waals surface area contributed by atoms with Gasteiger partial charge in [-0.1, -0.05) is 22.0 Å². The molecule has 1 aromatic heterocycles. The van der Waals surface area contributed by atoms with Crippen LogP contribution in [-0.2, 0) is 0 Å². The highest BCUT2D eigenvalue weighted by molar-refractivity contribution is 9.11. The minimum atomic E-state index is 0.521. The van der Waals surface area contributed by atoms with E-state index in [0.717, 1.165) is 25.8 Å². The molecule has 0 radical (unpaired) electrons. The average Bonchev–Trinajstić information content (AvgIpc) is 3.20. The zero-order chi connectivity index (χ0) is 13.6. The molecule has 0 atom stereocenters. The van der Waals surface area contributed by atoms with E-state index in [0.29, 0.717) is 17.6 Å². The van der Waals surface area contributed by atoms with Crippen molar-refractivity contribution >= 4 is 37.7 Å². The van der Waals surface area contributed by atoms with E-state index >= 15 is 0 Å². The van der Waals surface area contributed by atoms with Crippen molar-refractivity contribution in [2.45, 2.75) is 25.7 Å². The lowest BCUT2D eigenvalue weighted by Crippen LogP contribution is -2.02. The average molecular weight is 383 g/mol. The Morgan fingerprint density at radius 2 is 1.95 bits per heavy atom. The summed E-state index contributed by atoms with van der Waals surface area (Å²) in [5.74, 6) is 1.76. The Morgan fingerprint density at radius 1 is 1.21 bits per heavy atom. The second-order valence-electron chi connectivity index (χ2n) is 4.87. The molecule has 2 aromatic rings. The van der Waals surface area contributed by atoms with Gasteiger partial charge in [0, 0.05) is 16.0 Å². The first-order valence-corrected chi connectivity index (χ1v) is 7.74. The van der Waals surface area contributed by atoms with E-state index in [1.54, 1.807) is 0 Å². The number of hydrogen-bond acceptors (Lipinski definition) is 3. The van der Waals surface area contributed by atoms with Crippen LogP contribution in [0.4, 0.5) is 5.82 Å². The number of aromatic nitrogens is 2. The SMILES string of the molecule is Cc1cc(-c2nc(N)c(Br)c(C3CC3)n2)ccc1Br. The number of hydrogen-bond donors (Lipinski definition) is 1. The molecule has 0 saturated heterocycles. The van der Waals surface area contributed by atoms with E-state index in [4.69, 9.17) is 5.73 Å². The minimum Gasteiger partial charge on any atom is -0.383 e. The van der Waals surface area contributed by atoms with Gasteiger partial charge in [0.1, 0.15) is 5.82 Å². The van der Waals surface area contributed by atoms with Gasteiger partial charge in [0.15, 0.2) is 5.82 Å². The maximum atomic E-state index is 5.99. The van der Waals surface area contributed by atoms with E-state index in [1.165, 1.54) is 12.8 Å². The summed E-state index contributed by atoms with van der Waals surface area (Å²) in [5, 5.41) is 0. The fourth-order valence-corrected chi connectivity index (χ4v) is 2.77. The Balaban J connectivity index is 2.11. The smallest absolute Gasteiger partial charge is 0.161 e. The summed E-state index contributed by atoms with van der Waals surface area (Å²) in [6, 6.07) is 6.10. The lowest BCUT2D eigenvalue weighted by atomic mass is 10.1. The molecule has 1 aliphatic carbocycles. The number of nitrogens with two attached hydrogens (primary N) is 1. The molecule has 1 heterocycles. The molecule has 0 bridgehead atoms. The van der Waals surface area contributed by atoms with Crippen molar-refractivity contribution in [2.75, 3.05) is 5.73 Å². The molecule has 0 spiro atoms. The second kappa shape index (κ2) is 4.87. The monoisotopic (exact) mass is 381 g/mol. The van der Waals surface area contributed by atoms with Gasteiger partial charge in [0.05, 0.1) is 10.2 Å². The Bertz CT molecular complexity index is 651. The first-order chi connectivity index (χ1) is 9.06. The molecule has 1 fully saturated rings. The largest absolute Gasteiger partial charge is 0.383 e. The molecule has 98 valence electrons. The van der Waals surface area contributed by atoms with Gasteiger partial charge in [-0.25, -0.2) is 9.97 Å². The van der Waals surface area contributed by atoms with Crippen molar-refractivity contribution in [2.24, 2.45) is 0 Å². The molecule has 0 amide bonds. The Labute approximate surface area is 128 Å². The van der Waals surface area contributed by atoms with Crippen molar-refractivity contribution in [1.29, 1.82) is 0 Å². The number of aryl methyl sites for hydroxylation is 1. The van der Waals surface area contributed by atoms with Gasteiger partial charge in [-0.15, -0.1) is 0 Å². The molecule has 19 heavy (non-hydrogen) atoms. The van der Waals surface area contributed by atoms with Gasteiger partial charge in [0.2, 0.25) is 0 Å². The summed E-state index contributed by atoms with van der Waals surface area (Å²) >= 11 is 7.00. The van der Waals surface area contributed by atoms with E-state index in [9.17, 15) is 0 Å². The summed E-state index contributed by atoms with van der Waals surface area (Å²) in [6.45, 7) is 2.05. The first-order valence-electron chi connectivity index (χ1n) is 6.15. The minimum absolute atomic E-state index is 0.521. The maximum absolute atomic E-state index is 5.99. The molecule has 0 aliphatic heterocycles. The van der Waals surface area contributed by atoms with E-state index in [-0.39, 0.29) is 0 Å². The quantitative estimate of drug-likeness (QED) is 0.835. The molecular weight excluding hydrogens is 370 g/mol. The predicted molar refractivity (Wildman–Crippen MR) is 84.0 cm³/mol. The lowest BCUT2D eigenvalue weighted by molar-refractivity contribution is 0.984. The van der Waals surface area contributed by atoms with Gasteiger partial charge in [-0.3, -0.25) is 0 Å². The third-order valence-corrected chi connectivity index (χ3v) is 4.98. The second-order valence-corrected chi connectivity index (χ2v) is 6.52. The third kappa shape index (κ3) is 2.54. The van der Waals surface area contributed by atoms with Crippen LogP contribution in [0.25, 0.3) is 11.4 Å². The first kappa shape index (κ1) is 13.1. The van der Waals surface area contributed by atoms with Crippen molar-refractivity contribution in [1.82, 2.24) is 9.97 Å². The highest BCUT2D eigenvalue weighted by Gasteiger charge is 2.29. The molecule has 0 unspecified atom stereocenters. The van der Waals surface area contributed by atoms with Gasteiger partial charge in [0.25, 0.3) is 0 Å². The van der Waals surface area contributed by atoms with E-state index in [2.05, 4.69) is 54.8 Å². The van der Waals surface area contributed by atoms with Gasteiger partial charge >= 0.3 is 0 Å². The van der Waals surface area contributed by atoms with Crippen LogP contribution in [0, 0.1) is 6.92 Å². The summed E-state index contributed by atoms with van der Waals surface area (Å²) < 4.78 is 1.94. The van der Waals surface area contributed by atoms with Crippen molar-refractivity contribution in [3.8, 4) is 11.4 Å². The Kier molecular flexibility index (Phi) is 3.35. The lowest BCUT2D eigenvalue weighted by Gasteiger charge is -2.09. The standard InChI is InChI=1S/C14H13Br2N3/c1-7-6-9(4-5-10(7)15)14-18-12(8-2-3-8)11(16)13(17)19-14/h4-6,8H,2-3H2,1H3,(H2,17,18,19). The number of rotatable bonds is 2. The summed E-state index contributed by atoms with van der Waals surface area (Å²) in [6.07, 6.45) is 2.38. The number of nitrogen functional groups attached to an aromatic ring is 1. The van der Waals surface area contributed by atoms with Gasteiger partial charge in [-0.2, -0.15) is 0 Å². The van der Waals surface area contributed by atoms with Gasteiger partial charge < -0.3 is 5.73 Å². The van der Waals surface area contributed by atoms with Crippen molar-refractivity contribution < 1.29 is 0 Å². The van der Waals surface area contributed by atoms with E-state index in [1.807, 2.05) is 12.1 Å². The molecule has 5 heteroatoms. The molecular formula is C14H13Br2N3. The fraction of sp³-hybridized carbons (Fsp3) is 0.286. The normalized spacial score (nSPS) is 14.7. The maximum Gasteiger partial charge on any atom is 0.161 e. The number of halogens is 2. The van der Waals surface area contributed by atoms with Crippen LogP contribution in [0.1, 0.15) is 30.0 Å². The van der Waals surface area contributed by atoms with Crippen LogP contribution in [0.2, 0.25) is 0 Å². The summed E-state index contributed by atoms with van der Waals surface area (Å²) in [7, 11) is 0. The van der Waals surface area contributed by atoms with Crippen LogP contribution in [0.3, 0.4) is 0 Å². The number of anilines is 1. The van der Waals surface area contributed by atoms with Gasteiger partial charge in [-0.05, 0) is 53.4 Å². The van der Waals surface area contributed by atoms with Crippen molar-refractivity contribution in [3.05, 3.63) is 38.4 Å². The predicted octanol–water partition coefficient (Wildman–Crippen LogP) is 4.44. The molecule has 1 aromatic carbocycles. The summed E-state index contributed by atoms with van der Waals surface area (Å²) in [4.78, 5) is 9.07. The van der Waals surface area contributed by atoms with Crippen LogP contribution in [-0.4, -0.2) is 9.97 Å². The Morgan fingerprint density at radius 3 is 2.58 bits per heavy atom. The molecule has 1 saturated carbocycles. The zero-order valence-corrected chi connectivity index (χ0v) is 13.6. The zero-order valence-electron chi connectivity index (χ0n) is 10.5. The molecule has 2 N–H and O–H groups in total. The van der Waals surface area contributed by atoms with Crippen LogP contribution >= 0.6 is 31.9 Å². The molecule has 3 nitrogen and oxygen atoms in total. The summed E-state index contributed by atoms with van der Waals surface area (Å²) in [5.41, 5.74) is 9.19. The molecule has 3 rings (SSSR count). The third-order valence-electron chi connectivity index (χ3n) is 3.28. The Hall–Kier alpha value is -0.940. The van der Waals surface area contributed by atoms with E-state index < -0.39 is 0 Å². The highest BCUT2D eigenvalue weighted by Crippen LogP contribution is 2.44. The van der Waals surface area contributed by atoms with Crippen molar-refractivity contribution in [3.63, 3.8) is 0 Å². The van der Waals surface area contributed by atoms with Crippen LogP contribution in [0.5, 0.6) is 0 Å². The molecule has 1 aliphatic rings. The fourth-order valence-electron chi connectivity index (χ4n) is 2.02.